The molecule has 0 bridgehead atoms. The van der Waals surface area contributed by atoms with Crippen molar-refractivity contribution in [2.45, 2.75) is 6.42 Å². The molecule has 0 aromatic heterocycles. The minimum Gasteiger partial charge on any atom is -0.492 e. The maximum atomic E-state index is 5.89. The van der Waals surface area contributed by atoms with Crippen LogP contribution < -0.4 is 4.74 Å². The number of aliphatic imine (C=N–C) groups is 1. The van der Waals surface area contributed by atoms with Crippen molar-refractivity contribution >= 4 is 5.90 Å². The van der Waals surface area contributed by atoms with Gasteiger partial charge in [-0.3, -0.25) is 4.99 Å². The lowest BCUT2D eigenvalue weighted by molar-refractivity contribution is 0.298. The first-order valence-electron chi connectivity index (χ1n) is 6.87. The molecule has 0 amide bonds. The van der Waals surface area contributed by atoms with Crippen LogP contribution in [-0.4, -0.2) is 25.7 Å². The Morgan fingerprint density at radius 2 is 1.80 bits per heavy atom. The molecule has 0 unspecified atom stereocenters. The van der Waals surface area contributed by atoms with E-state index in [1.54, 1.807) is 0 Å². The molecule has 0 fully saturated rings. The Bertz CT molecular complexity index is 593. The molecular formula is C17H17NO2. The lowest BCUT2D eigenvalue weighted by Crippen LogP contribution is -2.07. The van der Waals surface area contributed by atoms with Gasteiger partial charge in [0.25, 0.3) is 0 Å². The van der Waals surface area contributed by atoms with E-state index < -0.39 is 0 Å². The molecule has 2 aromatic rings. The van der Waals surface area contributed by atoms with Crippen molar-refractivity contribution in [3.63, 3.8) is 0 Å². The van der Waals surface area contributed by atoms with Gasteiger partial charge in [0.2, 0.25) is 0 Å². The summed E-state index contributed by atoms with van der Waals surface area (Å²) in [6.45, 7) is 2.06. The van der Waals surface area contributed by atoms with Crippen LogP contribution in [0, 0.1) is 0 Å². The van der Waals surface area contributed by atoms with Gasteiger partial charge in [-0.15, -0.1) is 0 Å². The molecule has 2 aromatic carbocycles. The fourth-order valence-corrected chi connectivity index (χ4v) is 2.23. The zero-order chi connectivity index (χ0) is 13.6. The summed E-state index contributed by atoms with van der Waals surface area (Å²) in [4.78, 5) is 4.26. The molecule has 102 valence electrons. The quantitative estimate of drug-likeness (QED) is 0.829. The van der Waals surface area contributed by atoms with E-state index in [9.17, 15) is 0 Å². The number of ether oxygens (including phenoxy) is 2. The molecule has 0 atom stereocenters. The zero-order valence-corrected chi connectivity index (χ0v) is 11.3. The summed E-state index contributed by atoms with van der Waals surface area (Å²) in [7, 11) is 0. The topological polar surface area (TPSA) is 30.8 Å². The van der Waals surface area contributed by atoms with Crippen molar-refractivity contribution in [1.82, 2.24) is 0 Å². The first-order chi connectivity index (χ1) is 9.93. The van der Waals surface area contributed by atoms with E-state index in [0.717, 1.165) is 35.7 Å². The Morgan fingerprint density at radius 1 is 1.00 bits per heavy atom. The summed E-state index contributed by atoms with van der Waals surface area (Å²) < 4.78 is 11.3. The lowest BCUT2D eigenvalue weighted by Gasteiger charge is -2.11. The average molecular weight is 267 g/mol. The third-order valence-electron chi connectivity index (χ3n) is 3.19. The Morgan fingerprint density at radius 3 is 2.60 bits per heavy atom. The van der Waals surface area contributed by atoms with Crippen LogP contribution in [0.25, 0.3) is 11.1 Å². The van der Waals surface area contributed by atoms with E-state index >= 15 is 0 Å². The van der Waals surface area contributed by atoms with E-state index in [0.29, 0.717) is 13.2 Å². The van der Waals surface area contributed by atoms with Gasteiger partial charge in [0.15, 0.2) is 5.90 Å². The van der Waals surface area contributed by atoms with Crippen LogP contribution in [0.15, 0.2) is 59.6 Å². The molecule has 0 aliphatic carbocycles. The van der Waals surface area contributed by atoms with Gasteiger partial charge in [-0.1, -0.05) is 48.5 Å². The van der Waals surface area contributed by atoms with Crippen LogP contribution in [0.3, 0.4) is 0 Å². The highest BCUT2D eigenvalue weighted by atomic mass is 16.5. The highest BCUT2D eigenvalue weighted by molar-refractivity contribution is 5.77. The molecule has 1 heterocycles. The second-order valence-electron chi connectivity index (χ2n) is 4.58. The molecule has 3 heteroatoms. The van der Waals surface area contributed by atoms with Gasteiger partial charge in [-0.05, 0) is 11.6 Å². The molecule has 1 aliphatic heterocycles. The zero-order valence-electron chi connectivity index (χ0n) is 11.3. The summed E-state index contributed by atoms with van der Waals surface area (Å²) >= 11 is 0. The van der Waals surface area contributed by atoms with Gasteiger partial charge in [0, 0.05) is 5.56 Å². The van der Waals surface area contributed by atoms with Crippen LogP contribution in [0.4, 0.5) is 0 Å². The normalized spacial score (nSPS) is 13.7. The fraction of sp³-hybridized carbons (Fsp3) is 0.235. The molecule has 0 N–H and O–H groups in total. The molecule has 0 spiro atoms. The molecule has 0 saturated heterocycles. The van der Waals surface area contributed by atoms with E-state index in [4.69, 9.17) is 9.47 Å². The highest BCUT2D eigenvalue weighted by Gasteiger charge is 2.09. The predicted octanol–water partition coefficient (Wildman–Crippen LogP) is 3.55. The van der Waals surface area contributed by atoms with Crippen molar-refractivity contribution in [2.75, 3.05) is 19.8 Å². The van der Waals surface area contributed by atoms with Crippen LogP contribution in [-0.2, 0) is 4.74 Å². The van der Waals surface area contributed by atoms with Gasteiger partial charge in [-0.25, -0.2) is 0 Å². The standard InChI is InChI=1S/C17H17NO2/c1-2-6-14(7-3-1)15-8-4-5-9-16(15)19-12-10-17-18-11-13-20-17/h1-9H,10-13H2. The highest BCUT2D eigenvalue weighted by Crippen LogP contribution is 2.29. The largest absolute Gasteiger partial charge is 0.492 e. The molecular weight excluding hydrogens is 250 g/mol. The van der Waals surface area contributed by atoms with Crippen LogP contribution in [0.5, 0.6) is 5.75 Å². The first-order valence-corrected chi connectivity index (χ1v) is 6.87. The number of hydrogen-bond donors (Lipinski definition) is 0. The molecule has 3 nitrogen and oxygen atoms in total. The molecule has 3 rings (SSSR count). The smallest absolute Gasteiger partial charge is 0.186 e. The van der Waals surface area contributed by atoms with Gasteiger partial charge in [0.1, 0.15) is 12.4 Å². The van der Waals surface area contributed by atoms with Gasteiger partial charge < -0.3 is 9.47 Å². The van der Waals surface area contributed by atoms with Crippen LogP contribution in [0.1, 0.15) is 6.42 Å². The van der Waals surface area contributed by atoms with Crippen molar-refractivity contribution < 1.29 is 9.47 Å². The lowest BCUT2D eigenvalue weighted by atomic mass is 10.1. The monoisotopic (exact) mass is 267 g/mol. The number of rotatable bonds is 5. The fourth-order valence-electron chi connectivity index (χ4n) is 2.23. The molecule has 0 saturated carbocycles. The summed E-state index contributed by atoms with van der Waals surface area (Å²) in [6.07, 6.45) is 0.725. The Labute approximate surface area is 118 Å². The van der Waals surface area contributed by atoms with Gasteiger partial charge >= 0.3 is 0 Å². The summed E-state index contributed by atoms with van der Waals surface area (Å²) in [6, 6.07) is 18.4. The van der Waals surface area contributed by atoms with Gasteiger partial charge in [0.05, 0.1) is 19.6 Å². The minimum atomic E-state index is 0.586. The van der Waals surface area contributed by atoms with E-state index in [1.165, 1.54) is 0 Å². The Kier molecular flexibility index (Phi) is 3.97. The third-order valence-corrected chi connectivity index (χ3v) is 3.19. The number of para-hydroxylation sites is 1. The number of hydrogen-bond acceptors (Lipinski definition) is 3. The third kappa shape index (κ3) is 2.99. The average Bonchev–Trinajstić information content (AvgIpc) is 3.02. The molecule has 0 radical (unpaired) electrons. The predicted molar refractivity (Wildman–Crippen MR) is 80.2 cm³/mol. The number of nitrogens with zero attached hydrogens (tertiary/aromatic N) is 1. The van der Waals surface area contributed by atoms with E-state index in [-0.39, 0.29) is 0 Å². The van der Waals surface area contributed by atoms with Crippen molar-refractivity contribution in [2.24, 2.45) is 4.99 Å². The van der Waals surface area contributed by atoms with Crippen molar-refractivity contribution in [1.29, 1.82) is 0 Å². The van der Waals surface area contributed by atoms with Crippen molar-refractivity contribution in [3.05, 3.63) is 54.6 Å². The maximum absolute atomic E-state index is 5.89. The SMILES string of the molecule is c1ccc(-c2ccccc2OCCC2=NCCO2)cc1. The first kappa shape index (κ1) is 12.7. The van der Waals surface area contributed by atoms with Crippen molar-refractivity contribution in [3.8, 4) is 16.9 Å². The molecule has 20 heavy (non-hydrogen) atoms. The molecule has 1 aliphatic rings. The summed E-state index contributed by atoms with van der Waals surface area (Å²) in [5.74, 6) is 1.71. The Hall–Kier alpha value is -2.29. The summed E-state index contributed by atoms with van der Waals surface area (Å²) in [5, 5.41) is 0. The second kappa shape index (κ2) is 6.24. The Balaban J connectivity index is 1.70. The van der Waals surface area contributed by atoms with Crippen LogP contribution >= 0.6 is 0 Å². The van der Waals surface area contributed by atoms with E-state index in [2.05, 4.69) is 23.2 Å². The van der Waals surface area contributed by atoms with E-state index in [1.807, 2.05) is 36.4 Å². The van der Waals surface area contributed by atoms with Crippen LogP contribution in [0.2, 0.25) is 0 Å². The second-order valence-corrected chi connectivity index (χ2v) is 4.58. The maximum Gasteiger partial charge on any atom is 0.186 e. The van der Waals surface area contributed by atoms with Gasteiger partial charge in [-0.2, -0.15) is 0 Å². The minimum absolute atomic E-state index is 0.586. The number of benzene rings is 2. The summed E-state index contributed by atoms with van der Waals surface area (Å²) in [5.41, 5.74) is 2.28.